The maximum atomic E-state index is 13.1. The summed E-state index contributed by atoms with van der Waals surface area (Å²) < 4.78 is 13.1. The number of phenolic OH excluding ortho intramolecular Hbond substituents is 1. The van der Waals surface area contributed by atoms with E-state index in [-0.39, 0.29) is 23.6 Å². The Morgan fingerprint density at radius 2 is 2.25 bits per heavy atom. The van der Waals surface area contributed by atoms with Crippen molar-refractivity contribution in [1.29, 1.82) is 0 Å². The Balaban J connectivity index is 2.02. The number of rotatable bonds is 5. The number of thiazole rings is 1. The number of phenols is 1. The Labute approximate surface area is 120 Å². The van der Waals surface area contributed by atoms with Crippen molar-refractivity contribution in [3.8, 4) is 5.75 Å². The number of Topliss-reactive ketones (excluding diaryl/α,β-unsaturated/α-hetero) is 1. The normalized spacial score (nSPS) is 11.0. The third-order valence-corrected chi connectivity index (χ3v) is 3.59. The molecule has 20 heavy (non-hydrogen) atoms. The van der Waals surface area contributed by atoms with Gasteiger partial charge in [-0.05, 0) is 32.2 Å². The number of aryl methyl sites for hydroxylation is 1. The van der Waals surface area contributed by atoms with Gasteiger partial charge in [0.2, 0.25) is 0 Å². The Bertz CT molecular complexity index is 627. The van der Waals surface area contributed by atoms with Gasteiger partial charge in [0, 0.05) is 11.9 Å². The van der Waals surface area contributed by atoms with Gasteiger partial charge in [-0.15, -0.1) is 11.3 Å². The summed E-state index contributed by atoms with van der Waals surface area (Å²) >= 11 is 1.55. The average molecular weight is 294 g/mol. The molecule has 1 heterocycles. The fourth-order valence-corrected chi connectivity index (χ4v) is 2.48. The second-order valence-electron chi connectivity index (χ2n) is 4.61. The standard InChI is InChI=1S/C14H15FN2O2S/c1-9-16-11(8-20-9)6-17(2)7-14(19)12-5-10(15)3-4-13(12)18/h3-5,8,18H,6-7H2,1-2H3. The number of benzene rings is 1. The molecule has 0 spiro atoms. The number of ketones is 1. The molecular weight excluding hydrogens is 279 g/mol. The van der Waals surface area contributed by atoms with E-state index in [4.69, 9.17) is 0 Å². The topological polar surface area (TPSA) is 53.4 Å². The molecule has 0 saturated heterocycles. The van der Waals surface area contributed by atoms with Crippen molar-refractivity contribution in [1.82, 2.24) is 9.88 Å². The average Bonchev–Trinajstić information content (AvgIpc) is 2.77. The van der Waals surface area contributed by atoms with Crippen molar-refractivity contribution >= 4 is 17.1 Å². The molecule has 1 N–H and O–H groups in total. The van der Waals surface area contributed by atoms with Crippen LogP contribution in [-0.4, -0.2) is 34.4 Å². The smallest absolute Gasteiger partial charge is 0.180 e. The predicted molar refractivity (Wildman–Crippen MR) is 75.6 cm³/mol. The van der Waals surface area contributed by atoms with Crippen LogP contribution in [0.3, 0.4) is 0 Å². The largest absolute Gasteiger partial charge is 0.507 e. The van der Waals surface area contributed by atoms with Gasteiger partial charge in [-0.3, -0.25) is 9.69 Å². The summed E-state index contributed by atoms with van der Waals surface area (Å²) in [5.41, 5.74) is 0.901. The maximum Gasteiger partial charge on any atom is 0.180 e. The van der Waals surface area contributed by atoms with Gasteiger partial charge in [0.25, 0.3) is 0 Å². The second-order valence-corrected chi connectivity index (χ2v) is 5.68. The fraction of sp³-hybridized carbons (Fsp3) is 0.286. The van der Waals surface area contributed by atoms with E-state index in [2.05, 4.69) is 4.98 Å². The number of carbonyl (C=O) groups is 1. The first kappa shape index (κ1) is 14.6. The van der Waals surface area contributed by atoms with Gasteiger partial charge >= 0.3 is 0 Å². The molecule has 0 bridgehead atoms. The van der Waals surface area contributed by atoms with E-state index in [9.17, 15) is 14.3 Å². The Morgan fingerprint density at radius 1 is 1.50 bits per heavy atom. The number of nitrogens with zero attached hydrogens (tertiary/aromatic N) is 2. The molecule has 0 aliphatic rings. The van der Waals surface area contributed by atoms with Crippen molar-refractivity contribution in [3.05, 3.63) is 45.7 Å². The van der Waals surface area contributed by atoms with Crippen LogP contribution in [0.4, 0.5) is 4.39 Å². The minimum Gasteiger partial charge on any atom is -0.507 e. The molecule has 0 unspecified atom stereocenters. The lowest BCUT2D eigenvalue weighted by Gasteiger charge is -2.14. The third-order valence-electron chi connectivity index (χ3n) is 2.77. The highest BCUT2D eigenvalue weighted by Crippen LogP contribution is 2.19. The highest BCUT2D eigenvalue weighted by atomic mass is 32.1. The van der Waals surface area contributed by atoms with Crippen molar-refractivity contribution in [3.63, 3.8) is 0 Å². The molecule has 1 aromatic carbocycles. The first-order valence-electron chi connectivity index (χ1n) is 6.07. The number of carbonyl (C=O) groups excluding carboxylic acids is 1. The molecule has 0 amide bonds. The summed E-state index contributed by atoms with van der Waals surface area (Å²) in [5, 5.41) is 12.5. The minimum atomic E-state index is -0.538. The molecule has 0 aliphatic carbocycles. The lowest BCUT2D eigenvalue weighted by Crippen LogP contribution is -2.25. The molecule has 0 fully saturated rings. The second kappa shape index (κ2) is 6.11. The van der Waals surface area contributed by atoms with E-state index in [1.165, 1.54) is 6.07 Å². The van der Waals surface area contributed by atoms with Gasteiger partial charge in [-0.2, -0.15) is 0 Å². The van der Waals surface area contributed by atoms with Crippen LogP contribution in [0, 0.1) is 12.7 Å². The van der Waals surface area contributed by atoms with Gasteiger partial charge in [0.1, 0.15) is 11.6 Å². The zero-order valence-electron chi connectivity index (χ0n) is 11.3. The third kappa shape index (κ3) is 3.61. The lowest BCUT2D eigenvalue weighted by molar-refractivity contribution is 0.0939. The van der Waals surface area contributed by atoms with Crippen LogP contribution in [0.5, 0.6) is 5.75 Å². The first-order chi connectivity index (χ1) is 9.45. The minimum absolute atomic E-state index is 0.00584. The molecule has 2 rings (SSSR count). The van der Waals surface area contributed by atoms with Crippen LogP contribution in [0.15, 0.2) is 23.6 Å². The van der Waals surface area contributed by atoms with Crippen molar-refractivity contribution < 1.29 is 14.3 Å². The summed E-state index contributed by atoms with van der Waals surface area (Å²) in [6, 6.07) is 3.36. The Hall–Kier alpha value is -1.79. The van der Waals surface area contributed by atoms with Crippen LogP contribution >= 0.6 is 11.3 Å². The summed E-state index contributed by atoms with van der Waals surface area (Å²) in [6.07, 6.45) is 0. The number of aromatic nitrogens is 1. The van der Waals surface area contributed by atoms with Crippen molar-refractivity contribution in [2.75, 3.05) is 13.6 Å². The molecule has 106 valence electrons. The molecule has 0 atom stereocenters. The Morgan fingerprint density at radius 3 is 2.90 bits per heavy atom. The van der Waals surface area contributed by atoms with E-state index in [0.29, 0.717) is 6.54 Å². The van der Waals surface area contributed by atoms with E-state index in [1.807, 2.05) is 12.3 Å². The van der Waals surface area contributed by atoms with Crippen molar-refractivity contribution in [2.45, 2.75) is 13.5 Å². The number of likely N-dealkylation sites (N-methyl/N-ethyl adjacent to an activating group) is 1. The van der Waals surface area contributed by atoms with E-state index >= 15 is 0 Å². The molecule has 6 heteroatoms. The fourth-order valence-electron chi connectivity index (χ4n) is 1.88. The van der Waals surface area contributed by atoms with Crippen LogP contribution in [-0.2, 0) is 6.54 Å². The van der Waals surface area contributed by atoms with Gasteiger partial charge < -0.3 is 5.11 Å². The summed E-state index contributed by atoms with van der Waals surface area (Å²) in [7, 11) is 1.78. The first-order valence-corrected chi connectivity index (χ1v) is 6.95. The van der Waals surface area contributed by atoms with Gasteiger partial charge in [-0.25, -0.2) is 9.37 Å². The van der Waals surface area contributed by atoms with Crippen LogP contribution in [0.2, 0.25) is 0 Å². The molecule has 0 radical (unpaired) electrons. The molecule has 0 saturated carbocycles. The molecule has 0 aliphatic heterocycles. The summed E-state index contributed by atoms with van der Waals surface area (Å²) in [5.74, 6) is -1.06. The van der Waals surface area contributed by atoms with Crippen LogP contribution < -0.4 is 0 Å². The summed E-state index contributed by atoms with van der Waals surface area (Å²) in [4.78, 5) is 18.1. The lowest BCUT2D eigenvalue weighted by atomic mass is 10.1. The predicted octanol–water partition coefficient (Wildman–Crippen LogP) is 2.61. The summed E-state index contributed by atoms with van der Waals surface area (Å²) in [6.45, 7) is 2.55. The van der Waals surface area contributed by atoms with E-state index < -0.39 is 5.82 Å². The monoisotopic (exact) mass is 294 g/mol. The van der Waals surface area contributed by atoms with Gasteiger partial charge in [0.05, 0.1) is 22.8 Å². The quantitative estimate of drug-likeness (QED) is 0.861. The highest BCUT2D eigenvalue weighted by Gasteiger charge is 2.15. The van der Waals surface area contributed by atoms with Gasteiger partial charge in [0.15, 0.2) is 5.78 Å². The zero-order valence-corrected chi connectivity index (χ0v) is 12.1. The van der Waals surface area contributed by atoms with E-state index in [0.717, 1.165) is 22.8 Å². The van der Waals surface area contributed by atoms with Crippen molar-refractivity contribution in [2.24, 2.45) is 0 Å². The number of hydrogen-bond donors (Lipinski definition) is 1. The number of halogens is 1. The molecule has 1 aromatic heterocycles. The van der Waals surface area contributed by atoms with Crippen LogP contribution in [0.25, 0.3) is 0 Å². The molecule has 2 aromatic rings. The molecular formula is C14H15FN2O2S. The van der Waals surface area contributed by atoms with Crippen LogP contribution in [0.1, 0.15) is 21.1 Å². The van der Waals surface area contributed by atoms with E-state index in [1.54, 1.807) is 23.3 Å². The zero-order chi connectivity index (χ0) is 14.7. The highest BCUT2D eigenvalue weighted by molar-refractivity contribution is 7.09. The number of aromatic hydroxyl groups is 1. The molecule has 4 nitrogen and oxygen atoms in total. The maximum absolute atomic E-state index is 13.1. The SMILES string of the molecule is Cc1nc(CN(C)CC(=O)c2cc(F)ccc2O)cs1. The number of hydrogen-bond acceptors (Lipinski definition) is 5. The van der Waals surface area contributed by atoms with Gasteiger partial charge in [-0.1, -0.05) is 0 Å². The Kier molecular flexibility index (Phi) is 4.46.